The molecule has 301 valence electrons. The summed E-state index contributed by atoms with van der Waals surface area (Å²) >= 11 is -1.86. The maximum Gasteiger partial charge on any atom is 0.121 e. The first-order chi connectivity index (χ1) is 27.9. The van der Waals surface area contributed by atoms with E-state index in [4.69, 9.17) is 14.4 Å². The predicted molar refractivity (Wildman–Crippen MR) is 248 cm³/mol. The van der Waals surface area contributed by atoms with Crippen molar-refractivity contribution >= 4 is 61.4 Å². The van der Waals surface area contributed by atoms with Crippen LogP contribution in [-0.4, -0.2) is 27.8 Å². The Morgan fingerprint density at radius 2 is 1.42 bits per heavy atom. The molecule has 0 aliphatic heterocycles. The fourth-order valence-electron chi connectivity index (χ4n) is 8.35. The Labute approximate surface area is 365 Å². The summed E-state index contributed by atoms with van der Waals surface area (Å²) in [4.78, 5) is 9.91. The molecule has 0 saturated heterocycles. The fraction of sp³-hybridized carbons (Fsp3) is 0.245. The third kappa shape index (κ3) is 8.35. The largest absolute Gasteiger partial charge is 0.501 e. The number of imidazole rings is 1. The zero-order valence-electron chi connectivity index (χ0n) is 35.6. The number of benzene rings is 6. The number of rotatable bonds is 8. The fourth-order valence-corrected chi connectivity index (χ4v) is 11.7. The molecule has 59 heavy (non-hydrogen) atoms. The van der Waals surface area contributed by atoms with Crippen LogP contribution < -0.4 is 4.40 Å². The van der Waals surface area contributed by atoms with Gasteiger partial charge in [-0.05, 0) is 51.9 Å². The second-order valence-electron chi connectivity index (χ2n) is 17.6. The van der Waals surface area contributed by atoms with Crippen molar-refractivity contribution < 1.29 is 24.5 Å². The first-order valence-corrected chi connectivity index (χ1v) is 28.1. The summed E-state index contributed by atoms with van der Waals surface area (Å²) in [5.74, 6) is 9.56. The third-order valence-corrected chi connectivity index (χ3v) is 15.4. The van der Waals surface area contributed by atoms with E-state index in [1.807, 2.05) is 24.3 Å². The molecule has 0 N–H and O–H groups in total. The van der Waals surface area contributed by atoms with Crippen molar-refractivity contribution in [3.63, 3.8) is 0 Å². The Balaban J connectivity index is 0.000000214. The molecule has 0 atom stereocenters. The molecule has 4 nitrogen and oxygen atoms in total. The number of nitrogens with zero attached hydrogens (tertiary/aromatic N) is 3. The summed E-state index contributed by atoms with van der Waals surface area (Å²) in [5, 5.41) is 4.63. The molecule has 0 saturated carbocycles. The van der Waals surface area contributed by atoms with Crippen molar-refractivity contribution in [3.05, 3.63) is 156 Å². The van der Waals surface area contributed by atoms with Crippen molar-refractivity contribution in [2.45, 2.75) is 77.1 Å². The Morgan fingerprint density at radius 1 is 0.712 bits per heavy atom. The van der Waals surface area contributed by atoms with E-state index in [0.29, 0.717) is 17.8 Å². The van der Waals surface area contributed by atoms with Crippen molar-refractivity contribution in [2.75, 3.05) is 0 Å². The zero-order chi connectivity index (χ0) is 40.7. The maximum atomic E-state index is 6.60. The molecular formula is C53H53GeIrN3O-2. The third-order valence-electron chi connectivity index (χ3n) is 11.1. The number of hydrogen-bond donors (Lipinski definition) is 0. The van der Waals surface area contributed by atoms with Gasteiger partial charge in [-0.25, -0.2) is 0 Å². The predicted octanol–water partition coefficient (Wildman–Crippen LogP) is 14.1. The van der Waals surface area contributed by atoms with Gasteiger partial charge in [0.25, 0.3) is 0 Å². The Hall–Kier alpha value is -4.81. The van der Waals surface area contributed by atoms with Crippen molar-refractivity contribution in [2.24, 2.45) is 5.92 Å². The monoisotopic (exact) mass is 1010 g/mol. The van der Waals surface area contributed by atoms with Gasteiger partial charge in [-0.1, -0.05) is 99.3 Å². The molecule has 0 amide bonds. The second kappa shape index (κ2) is 17.4. The molecule has 3 heterocycles. The van der Waals surface area contributed by atoms with E-state index in [1.165, 1.54) is 33.2 Å². The first-order valence-electron chi connectivity index (χ1n) is 20.7. The van der Waals surface area contributed by atoms with Gasteiger partial charge in [0, 0.05) is 31.2 Å². The molecule has 6 aromatic carbocycles. The normalized spacial score (nSPS) is 11.9. The van der Waals surface area contributed by atoms with Crippen LogP contribution in [0, 0.1) is 18.1 Å². The van der Waals surface area contributed by atoms with Crippen LogP contribution in [0.2, 0.25) is 17.3 Å². The molecular weight excluding hydrogens is 959 g/mol. The molecule has 0 unspecified atom stereocenters. The van der Waals surface area contributed by atoms with E-state index in [9.17, 15) is 0 Å². The van der Waals surface area contributed by atoms with Gasteiger partial charge in [-0.3, -0.25) is 4.98 Å². The summed E-state index contributed by atoms with van der Waals surface area (Å²) in [6.45, 7) is 13.6. The molecule has 1 radical (unpaired) electrons. The average molecular weight is 1010 g/mol. The summed E-state index contributed by atoms with van der Waals surface area (Å²) in [6, 6.07) is 49.1. The molecule has 0 bridgehead atoms. The Kier molecular flexibility index (Phi) is 12.5. The molecule has 0 aliphatic rings. The summed E-state index contributed by atoms with van der Waals surface area (Å²) < 4.78 is 10.5. The average Bonchev–Trinajstić information content (AvgIpc) is 3.79. The van der Waals surface area contributed by atoms with Crippen LogP contribution in [0.25, 0.3) is 72.1 Å². The molecule has 0 spiro atoms. The van der Waals surface area contributed by atoms with Crippen LogP contribution in [0.15, 0.2) is 132 Å². The van der Waals surface area contributed by atoms with Crippen LogP contribution in [0.5, 0.6) is 0 Å². The van der Waals surface area contributed by atoms with Gasteiger partial charge in [0.1, 0.15) is 5.58 Å². The van der Waals surface area contributed by atoms with Gasteiger partial charge in [0.2, 0.25) is 0 Å². The van der Waals surface area contributed by atoms with Crippen LogP contribution in [0.1, 0.15) is 70.1 Å². The van der Waals surface area contributed by atoms with Gasteiger partial charge in [0.05, 0.1) is 22.4 Å². The number of fused-ring (bicyclic) bond motifs is 6. The number of pyridine rings is 1. The maximum absolute atomic E-state index is 6.60. The first kappa shape index (κ1) is 42.3. The van der Waals surface area contributed by atoms with Gasteiger partial charge in [-0.2, -0.15) is 0 Å². The molecule has 0 fully saturated rings. The van der Waals surface area contributed by atoms with Crippen LogP contribution in [0.4, 0.5) is 0 Å². The van der Waals surface area contributed by atoms with Gasteiger partial charge < -0.3 is 8.98 Å². The van der Waals surface area contributed by atoms with Gasteiger partial charge in [0.15, 0.2) is 0 Å². The topological polar surface area (TPSA) is 43.9 Å². The molecule has 0 aliphatic carbocycles. The van der Waals surface area contributed by atoms with Crippen LogP contribution in [-0.2, 0) is 26.5 Å². The van der Waals surface area contributed by atoms with Crippen LogP contribution in [0.3, 0.4) is 0 Å². The SMILES string of the molecule is CC(C)Cc1cc(-c2[c-]cccc2)nc[c]1[Ge]([CH3])([CH3])[CH3].CC(C)c1cccc(C(C)C)c1-n1c(-c2[c-]ccc3c2oc2ccc4ccccc4c23)nc2ccccc21.[Ir]. The van der Waals surface area contributed by atoms with E-state index in [0.717, 1.165) is 62.0 Å². The van der Waals surface area contributed by atoms with Crippen molar-refractivity contribution in [3.8, 4) is 28.3 Å². The quantitative estimate of drug-likeness (QED) is 0.113. The second-order valence-corrected chi connectivity index (χ2v) is 28.1. The number of aromatic nitrogens is 3. The molecule has 3 aromatic heterocycles. The van der Waals surface area contributed by atoms with E-state index < -0.39 is 13.3 Å². The number of furan rings is 1. The van der Waals surface area contributed by atoms with E-state index in [1.54, 1.807) is 4.40 Å². The Bertz CT molecular complexity index is 2870. The number of para-hydroxylation sites is 3. The molecule has 6 heteroatoms. The standard InChI is InChI=1S/C35H29N2O.C18H24GeN.Ir/c1-21(2)24-13-9-14-25(22(3)4)33(24)37-30-18-8-7-17-29(30)36-35(37)28-16-10-15-27-32-26-12-6-5-11-23(26)19-20-31(32)38-34(27)28;1-14(2)11-16-12-18(15-9-7-6-8-10-15)20-13-17(16)19(3,4)5;/h5-15,17-22H,1-4H3;6-9,12-14H,11H2,1-5H3;/q2*-1;. The molecule has 9 aromatic rings. The van der Waals surface area contributed by atoms with Crippen LogP contribution >= 0.6 is 0 Å². The summed E-state index contributed by atoms with van der Waals surface area (Å²) in [5.41, 5.74) is 12.1. The minimum Gasteiger partial charge on any atom is -0.501 e. The van der Waals surface area contributed by atoms with E-state index in [2.05, 4.69) is 179 Å². The van der Waals surface area contributed by atoms with Crippen molar-refractivity contribution in [1.82, 2.24) is 14.5 Å². The smallest absolute Gasteiger partial charge is 0.121 e. The number of hydrogen-bond acceptors (Lipinski definition) is 3. The summed E-state index contributed by atoms with van der Waals surface area (Å²) in [7, 11) is 0. The van der Waals surface area contributed by atoms with Crippen molar-refractivity contribution in [1.29, 1.82) is 0 Å². The molecule has 9 rings (SSSR count). The Morgan fingerprint density at radius 3 is 2.12 bits per heavy atom. The minimum absolute atomic E-state index is 0. The van der Waals surface area contributed by atoms with Gasteiger partial charge in [-0.15, -0.1) is 18.2 Å². The van der Waals surface area contributed by atoms with Gasteiger partial charge >= 0.3 is 126 Å². The summed E-state index contributed by atoms with van der Waals surface area (Å²) in [6.07, 6.45) is 3.27. The van der Waals surface area contributed by atoms with E-state index in [-0.39, 0.29) is 20.1 Å². The zero-order valence-corrected chi connectivity index (χ0v) is 40.1. The van der Waals surface area contributed by atoms with E-state index >= 15 is 0 Å². The minimum atomic E-state index is -1.86.